The molecule has 0 saturated carbocycles. The molecule has 6 nitrogen and oxygen atoms in total. The maximum absolute atomic E-state index is 14.6. The largest absolute Gasteiger partial charge is 0.573 e. The van der Waals surface area contributed by atoms with Gasteiger partial charge in [-0.2, -0.15) is 0 Å². The Kier molecular flexibility index (Phi) is 7.21. The molecule has 0 aliphatic carbocycles. The van der Waals surface area contributed by atoms with E-state index >= 15 is 0 Å². The fourth-order valence-corrected chi connectivity index (χ4v) is 5.00. The first-order valence-corrected chi connectivity index (χ1v) is 12.3. The monoisotopic (exact) mass is 564 g/mol. The van der Waals surface area contributed by atoms with Crippen molar-refractivity contribution >= 4 is 11.7 Å². The number of ether oxygens (including phenoxy) is 1. The fraction of sp³-hybridized carbons (Fsp3) is 0.286. The van der Waals surface area contributed by atoms with Gasteiger partial charge in [-0.05, 0) is 53.1 Å². The summed E-state index contributed by atoms with van der Waals surface area (Å²) in [5, 5.41) is 13.3. The molecule has 210 valence electrons. The van der Waals surface area contributed by atoms with Crippen molar-refractivity contribution in [1.29, 1.82) is 0 Å². The van der Waals surface area contributed by atoms with Crippen LogP contribution in [-0.2, 0) is 11.4 Å². The summed E-state index contributed by atoms with van der Waals surface area (Å²) in [6.07, 6.45) is -3.40. The summed E-state index contributed by atoms with van der Waals surface area (Å²) in [7, 11) is 0. The summed E-state index contributed by atoms with van der Waals surface area (Å²) < 4.78 is 84.7. The maximum atomic E-state index is 14.6. The summed E-state index contributed by atoms with van der Waals surface area (Å²) in [5.74, 6) is -6.05. The van der Waals surface area contributed by atoms with E-state index in [-0.39, 0.29) is 28.8 Å². The van der Waals surface area contributed by atoms with Crippen molar-refractivity contribution in [3.05, 3.63) is 88.7 Å². The minimum Gasteiger partial charge on any atom is -0.478 e. The highest BCUT2D eigenvalue weighted by molar-refractivity contribution is 6.02. The Bertz CT molecular complexity index is 1460. The van der Waals surface area contributed by atoms with Crippen LogP contribution in [0.2, 0.25) is 0 Å². The van der Waals surface area contributed by atoms with Crippen molar-refractivity contribution in [3.63, 3.8) is 0 Å². The van der Waals surface area contributed by atoms with Crippen molar-refractivity contribution < 1.29 is 45.8 Å². The number of carbonyl (C=O) groups is 1. The number of carboxylic acid groups (broad SMARTS) is 1. The molecule has 1 N–H and O–H groups in total. The standard InChI is InChI=1S/C28H22F6N2O4/c29-22-8-7-21(24(30)25(22)31)20-6-5-19(39-28(32,33)34)13-18(20)15-36-11-9-27(10-12-36)14-23(35-40-27)16-1-3-17(4-2-16)26(37)38/h1-8,13H,9-12,14-15H2,(H,37,38). The van der Waals surface area contributed by atoms with Gasteiger partial charge < -0.3 is 14.7 Å². The van der Waals surface area contributed by atoms with Crippen molar-refractivity contribution in [2.75, 3.05) is 13.1 Å². The van der Waals surface area contributed by atoms with Crippen LogP contribution in [0.25, 0.3) is 11.1 Å². The number of nitrogens with zero attached hydrogens (tertiary/aromatic N) is 2. The highest BCUT2D eigenvalue weighted by Gasteiger charge is 2.42. The maximum Gasteiger partial charge on any atom is 0.573 e. The summed E-state index contributed by atoms with van der Waals surface area (Å²) in [6.45, 7) is 1.01. The topological polar surface area (TPSA) is 71.4 Å². The second-order valence-electron chi connectivity index (χ2n) is 9.74. The number of alkyl halides is 3. The molecule has 3 aromatic rings. The van der Waals surface area contributed by atoms with Gasteiger partial charge in [0.25, 0.3) is 0 Å². The molecule has 0 amide bonds. The third-order valence-corrected chi connectivity index (χ3v) is 7.10. The predicted molar refractivity (Wildman–Crippen MR) is 131 cm³/mol. The lowest BCUT2D eigenvalue weighted by molar-refractivity contribution is -0.274. The number of piperidine rings is 1. The van der Waals surface area contributed by atoms with E-state index in [1.165, 1.54) is 18.2 Å². The zero-order valence-electron chi connectivity index (χ0n) is 20.8. The third kappa shape index (κ3) is 5.76. The van der Waals surface area contributed by atoms with Gasteiger partial charge in [0.05, 0.1) is 11.3 Å². The first kappa shape index (κ1) is 27.5. The smallest absolute Gasteiger partial charge is 0.478 e. The van der Waals surface area contributed by atoms with Crippen molar-refractivity contribution in [1.82, 2.24) is 4.90 Å². The molecule has 0 bridgehead atoms. The quantitative estimate of drug-likeness (QED) is 0.273. The van der Waals surface area contributed by atoms with E-state index in [2.05, 4.69) is 9.89 Å². The van der Waals surface area contributed by atoms with Crippen LogP contribution in [0, 0.1) is 17.5 Å². The Labute approximate surface area is 224 Å². The summed E-state index contributed by atoms with van der Waals surface area (Å²) >= 11 is 0. The van der Waals surface area contributed by atoms with Crippen molar-refractivity contribution in [2.24, 2.45) is 5.16 Å². The van der Waals surface area contributed by atoms with Gasteiger partial charge in [0.1, 0.15) is 11.4 Å². The molecule has 2 heterocycles. The molecule has 0 unspecified atom stereocenters. The summed E-state index contributed by atoms with van der Waals surface area (Å²) in [6, 6.07) is 11.4. The van der Waals surface area contributed by atoms with E-state index in [9.17, 15) is 31.1 Å². The van der Waals surface area contributed by atoms with E-state index in [0.717, 1.165) is 29.8 Å². The zero-order valence-corrected chi connectivity index (χ0v) is 20.8. The van der Waals surface area contributed by atoms with Gasteiger partial charge in [0.2, 0.25) is 0 Å². The van der Waals surface area contributed by atoms with Gasteiger partial charge in [-0.3, -0.25) is 4.90 Å². The van der Waals surface area contributed by atoms with Crippen LogP contribution in [0.3, 0.4) is 0 Å². The summed E-state index contributed by atoms with van der Waals surface area (Å²) in [4.78, 5) is 18.8. The van der Waals surface area contributed by atoms with E-state index in [1.54, 1.807) is 12.1 Å². The van der Waals surface area contributed by atoms with Gasteiger partial charge in [0, 0.05) is 44.5 Å². The molecule has 3 aromatic carbocycles. The van der Waals surface area contributed by atoms with Crippen LogP contribution in [0.5, 0.6) is 5.75 Å². The average Bonchev–Trinajstić information content (AvgIpc) is 3.32. The summed E-state index contributed by atoms with van der Waals surface area (Å²) in [5.41, 5.74) is 1.05. The highest BCUT2D eigenvalue weighted by atomic mass is 19.4. The highest BCUT2D eigenvalue weighted by Crippen LogP contribution is 2.38. The van der Waals surface area contributed by atoms with Gasteiger partial charge in [0.15, 0.2) is 17.5 Å². The van der Waals surface area contributed by atoms with Crippen LogP contribution in [0.1, 0.15) is 40.7 Å². The second kappa shape index (κ2) is 10.5. The first-order valence-electron chi connectivity index (χ1n) is 12.3. The van der Waals surface area contributed by atoms with Gasteiger partial charge in [-0.1, -0.05) is 23.4 Å². The third-order valence-electron chi connectivity index (χ3n) is 7.10. The number of likely N-dealkylation sites (tertiary alicyclic amines) is 1. The van der Waals surface area contributed by atoms with Crippen LogP contribution >= 0.6 is 0 Å². The molecule has 0 atom stereocenters. The number of halogens is 6. The number of benzene rings is 3. The lowest BCUT2D eigenvalue weighted by Gasteiger charge is -2.37. The fourth-order valence-electron chi connectivity index (χ4n) is 5.00. The molecule has 2 aliphatic rings. The molecule has 2 aliphatic heterocycles. The molecule has 1 saturated heterocycles. The van der Waals surface area contributed by atoms with E-state index < -0.39 is 41.1 Å². The lowest BCUT2D eigenvalue weighted by Crippen LogP contribution is -2.44. The molecule has 5 rings (SSSR count). The van der Waals surface area contributed by atoms with Gasteiger partial charge in [-0.25, -0.2) is 18.0 Å². The SMILES string of the molecule is O=C(O)c1ccc(C2=NOC3(CCN(Cc4cc(OC(F)(F)F)ccc4-c4ccc(F)c(F)c4F)CC3)C2)cc1. The molecule has 1 fully saturated rings. The number of rotatable bonds is 6. The minimum absolute atomic E-state index is 0.0866. The Morgan fingerprint density at radius 1 is 0.975 bits per heavy atom. The zero-order chi connectivity index (χ0) is 28.7. The molecule has 40 heavy (non-hydrogen) atoms. The van der Waals surface area contributed by atoms with Crippen LogP contribution in [-0.4, -0.2) is 46.7 Å². The van der Waals surface area contributed by atoms with Crippen LogP contribution in [0.15, 0.2) is 59.8 Å². The number of aromatic carboxylic acids is 1. The molecular formula is C28H22F6N2O4. The Morgan fingerprint density at radius 3 is 2.30 bits per heavy atom. The van der Waals surface area contributed by atoms with Crippen molar-refractivity contribution in [3.8, 4) is 16.9 Å². The molecule has 1 spiro atoms. The van der Waals surface area contributed by atoms with Crippen molar-refractivity contribution in [2.45, 2.75) is 37.8 Å². The lowest BCUT2D eigenvalue weighted by atomic mass is 9.85. The molecule has 0 radical (unpaired) electrons. The Balaban J connectivity index is 1.32. The second-order valence-corrected chi connectivity index (χ2v) is 9.74. The Morgan fingerprint density at radius 2 is 1.65 bits per heavy atom. The van der Waals surface area contributed by atoms with Crippen LogP contribution < -0.4 is 4.74 Å². The number of hydrogen-bond acceptors (Lipinski definition) is 5. The minimum atomic E-state index is -4.95. The average molecular weight is 564 g/mol. The first-order chi connectivity index (χ1) is 18.9. The van der Waals surface area contributed by atoms with E-state index in [4.69, 9.17) is 9.94 Å². The van der Waals surface area contributed by atoms with E-state index in [0.29, 0.717) is 38.1 Å². The Hall–Kier alpha value is -4.06. The number of carboxylic acids is 1. The predicted octanol–water partition coefficient (Wildman–Crippen LogP) is 6.53. The van der Waals surface area contributed by atoms with E-state index in [1.807, 2.05) is 4.90 Å². The normalized spacial score (nSPS) is 17.0. The van der Waals surface area contributed by atoms with Gasteiger partial charge in [-0.15, -0.1) is 13.2 Å². The molecular weight excluding hydrogens is 542 g/mol. The van der Waals surface area contributed by atoms with Crippen LogP contribution in [0.4, 0.5) is 26.3 Å². The molecule has 12 heteroatoms. The number of hydrogen-bond donors (Lipinski definition) is 1. The number of oxime groups is 1. The molecule has 0 aromatic heterocycles. The van der Waals surface area contributed by atoms with Gasteiger partial charge >= 0.3 is 12.3 Å².